The van der Waals surface area contributed by atoms with Crippen molar-refractivity contribution >= 4 is 17.3 Å². The number of thiocarbonyl (C=S) groups is 1. The Morgan fingerprint density at radius 1 is 0.914 bits per heavy atom. The van der Waals surface area contributed by atoms with Crippen LogP contribution in [0.2, 0.25) is 0 Å². The molecule has 1 atom stereocenters. The first-order chi connectivity index (χ1) is 17.1. The molecule has 184 valence electrons. The van der Waals surface area contributed by atoms with Gasteiger partial charge in [0.2, 0.25) is 0 Å². The van der Waals surface area contributed by atoms with E-state index < -0.39 is 0 Å². The molecule has 0 saturated heterocycles. The number of ether oxygens (including phenoxy) is 4. The summed E-state index contributed by atoms with van der Waals surface area (Å²) in [6.07, 6.45) is 1.76. The molecule has 0 aromatic heterocycles. The van der Waals surface area contributed by atoms with Crippen molar-refractivity contribution in [1.82, 2.24) is 10.2 Å². The summed E-state index contributed by atoms with van der Waals surface area (Å²) in [5.74, 6) is 3.01. The van der Waals surface area contributed by atoms with E-state index in [1.807, 2.05) is 30.3 Å². The third-order valence-electron chi connectivity index (χ3n) is 6.26. The van der Waals surface area contributed by atoms with Crippen LogP contribution in [0.3, 0.4) is 0 Å². The van der Waals surface area contributed by atoms with E-state index in [9.17, 15) is 0 Å². The fourth-order valence-corrected chi connectivity index (χ4v) is 4.68. The van der Waals surface area contributed by atoms with Gasteiger partial charge in [0.05, 0.1) is 27.4 Å². The summed E-state index contributed by atoms with van der Waals surface area (Å²) in [6.45, 7) is 2.00. The van der Waals surface area contributed by atoms with Crippen molar-refractivity contribution in [3.63, 3.8) is 0 Å². The zero-order valence-corrected chi connectivity index (χ0v) is 21.3. The summed E-state index contributed by atoms with van der Waals surface area (Å²) in [5.41, 5.74) is 3.63. The highest BCUT2D eigenvalue weighted by Crippen LogP contribution is 2.38. The van der Waals surface area contributed by atoms with Crippen LogP contribution in [-0.4, -0.2) is 51.0 Å². The first-order valence-electron chi connectivity index (χ1n) is 11.7. The molecule has 1 N–H and O–H groups in total. The number of rotatable bonds is 9. The van der Waals surface area contributed by atoms with E-state index in [0.29, 0.717) is 12.4 Å². The maximum atomic E-state index is 6.23. The quantitative estimate of drug-likeness (QED) is 0.430. The number of nitrogens with zero attached hydrogens (tertiary/aromatic N) is 1. The molecule has 1 heterocycles. The Morgan fingerprint density at radius 3 is 2.29 bits per heavy atom. The summed E-state index contributed by atoms with van der Waals surface area (Å²) in [7, 11) is 4.97. The topological polar surface area (TPSA) is 52.2 Å². The second-order valence-corrected chi connectivity index (χ2v) is 8.71. The molecule has 0 bridgehead atoms. The molecule has 3 aromatic carbocycles. The average molecular weight is 493 g/mol. The third-order valence-corrected chi connectivity index (χ3v) is 6.64. The lowest BCUT2D eigenvalue weighted by Crippen LogP contribution is -2.47. The molecule has 1 aliphatic heterocycles. The molecular formula is C28H32N2O4S. The number of hydrogen-bond donors (Lipinski definition) is 1. The Bertz CT molecular complexity index is 1120. The lowest BCUT2D eigenvalue weighted by atomic mass is 9.92. The first-order valence-corrected chi connectivity index (χ1v) is 12.1. The lowest BCUT2D eigenvalue weighted by Gasteiger charge is -2.39. The van der Waals surface area contributed by atoms with E-state index >= 15 is 0 Å². The number of benzene rings is 3. The Kier molecular flexibility index (Phi) is 8.32. The van der Waals surface area contributed by atoms with E-state index in [1.165, 1.54) is 11.1 Å². The van der Waals surface area contributed by atoms with Gasteiger partial charge in [0.1, 0.15) is 18.1 Å². The molecule has 0 radical (unpaired) electrons. The van der Waals surface area contributed by atoms with Gasteiger partial charge in [-0.05, 0) is 78.1 Å². The molecule has 0 aliphatic carbocycles. The molecule has 4 rings (SSSR count). The summed E-state index contributed by atoms with van der Waals surface area (Å²) in [4.78, 5) is 2.22. The van der Waals surface area contributed by atoms with E-state index in [0.717, 1.165) is 53.9 Å². The van der Waals surface area contributed by atoms with Gasteiger partial charge in [0.25, 0.3) is 0 Å². The normalized spacial score (nSPS) is 14.6. The summed E-state index contributed by atoms with van der Waals surface area (Å²) < 4.78 is 22.6. The molecular weight excluding hydrogens is 460 g/mol. The molecule has 0 saturated carbocycles. The van der Waals surface area contributed by atoms with Gasteiger partial charge in [-0.1, -0.05) is 30.3 Å². The number of methoxy groups -OCH3 is 3. The molecule has 0 unspecified atom stereocenters. The SMILES string of the molecule is COc1ccc(OC[C@@H]2c3cc(OC)c(OC)cc3CCN2C(=S)NCCc2ccccc2)cc1. The Morgan fingerprint density at radius 2 is 1.60 bits per heavy atom. The maximum absolute atomic E-state index is 6.23. The Labute approximate surface area is 212 Å². The maximum Gasteiger partial charge on any atom is 0.169 e. The third kappa shape index (κ3) is 5.98. The average Bonchev–Trinajstić information content (AvgIpc) is 2.91. The van der Waals surface area contributed by atoms with E-state index in [4.69, 9.17) is 31.2 Å². The van der Waals surface area contributed by atoms with Gasteiger partial charge in [0.15, 0.2) is 16.6 Å². The van der Waals surface area contributed by atoms with Gasteiger partial charge in [-0.15, -0.1) is 0 Å². The van der Waals surface area contributed by atoms with Crippen molar-refractivity contribution < 1.29 is 18.9 Å². The minimum absolute atomic E-state index is 0.0719. The zero-order valence-electron chi connectivity index (χ0n) is 20.5. The zero-order chi connectivity index (χ0) is 24.6. The predicted octanol–water partition coefficient (Wildman–Crippen LogP) is 4.81. The minimum atomic E-state index is -0.0719. The number of nitrogens with one attached hydrogen (secondary N) is 1. The summed E-state index contributed by atoms with van der Waals surface area (Å²) >= 11 is 5.86. The van der Waals surface area contributed by atoms with Crippen LogP contribution in [0.5, 0.6) is 23.0 Å². The number of fused-ring (bicyclic) bond motifs is 1. The highest BCUT2D eigenvalue weighted by atomic mass is 32.1. The Hall–Kier alpha value is -3.45. The molecule has 0 spiro atoms. The molecule has 3 aromatic rings. The molecule has 0 fully saturated rings. The van der Waals surface area contributed by atoms with Crippen LogP contribution in [-0.2, 0) is 12.8 Å². The lowest BCUT2D eigenvalue weighted by molar-refractivity contribution is 0.187. The number of hydrogen-bond acceptors (Lipinski definition) is 5. The fraction of sp³-hybridized carbons (Fsp3) is 0.321. The van der Waals surface area contributed by atoms with Crippen LogP contribution < -0.4 is 24.3 Å². The van der Waals surface area contributed by atoms with Gasteiger partial charge in [-0.2, -0.15) is 0 Å². The van der Waals surface area contributed by atoms with Gasteiger partial charge in [-0.3, -0.25) is 0 Å². The van der Waals surface area contributed by atoms with E-state index in [1.54, 1.807) is 21.3 Å². The largest absolute Gasteiger partial charge is 0.497 e. The molecule has 35 heavy (non-hydrogen) atoms. The van der Waals surface area contributed by atoms with Crippen molar-refractivity contribution in [2.75, 3.05) is 41.0 Å². The van der Waals surface area contributed by atoms with Crippen LogP contribution in [0.25, 0.3) is 0 Å². The van der Waals surface area contributed by atoms with Gasteiger partial charge in [-0.25, -0.2) is 0 Å². The van der Waals surface area contributed by atoms with Crippen LogP contribution >= 0.6 is 12.2 Å². The second kappa shape index (κ2) is 11.8. The standard InChI is InChI=1S/C28H32N2O4S/c1-31-22-9-11-23(12-10-22)34-19-25-24-18-27(33-3)26(32-2)17-21(24)14-16-30(25)28(35)29-15-13-20-7-5-4-6-8-20/h4-12,17-18,25H,13-16,19H2,1-3H3,(H,29,35)/t25-/m1/s1. The van der Waals surface area contributed by atoms with Crippen molar-refractivity contribution in [3.05, 3.63) is 83.4 Å². The van der Waals surface area contributed by atoms with Crippen LogP contribution in [0, 0.1) is 0 Å². The summed E-state index contributed by atoms with van der Waals surface area (Å²) in [6, 6.07) is 22.1. The van der Waals surface area contributed by atoms with Gasteiger partial charge in [0, 0.05) is 13.1 Å². The predicted molar refractivity (Wildman–Crippen MR) is 142 cm³/mol. The van der Waals surface area contributed by atoms with Crippen LogP contribution in [0.15, 0.2) is 66.7 Å². The monoisotopic (exact) mass is 492 g/mol. The second-order valence-electron chi connectivity index (χ2n) is 8.32. The van der Waals surface area contributed by atoms with Crippen molar-refractivity contribution in [2.45, 2.75) is 18.9 Å². The highest BCUT2D eigenvalue weighted by Gasteiger charge is 2.31. The smallest absolute Gasteiger partial charge is 0.169 e. The fourth-order valence-electron chi connectivity index (χ4n) is 4.36. The molecule has 6 nitrogen and oxygen atoms in total. The van der Waals surface area contributed by atoms with Crippen molar-refractivity contribution in [2.24, 2.45) is 0 Å². The Balaban J connectivity index is 1.53. The van der Waals surface area contributed by atoms with Crippen molar-refractivity contribution in [3.8, 4) is 23.0 Å². The van der Waals surface area contributed by atoms with Crippen LogP contribution in [0.1, 0.15) is 22.7 Å². The van der Waals surface area contributed by atoms with Gasteiger partial charge >= 0.3 is 0 Å². The van der Waals surface area contributed by atoms with Crippen molar-refractivity contribution in [1.29, 1.82) is 0 Å². The minimum Gasteiger partial charge on any atom is -0.497 e. The molecule has 7 heteroatoms. The van der Waals surface area contributed by atoms with E-state index in [-0.39, 0.29) is 6.04 Å². The highest BCUT2D eigenvalue weighted by molar-refractivity contribution is 7.80. The van der Waals surface area contributed by atoms with E-state index in [2.05, 4.69) is 46.6 Å². The molecule has 0 amide bonds. The summed E-state index contributed by atoms with van der Waals surface area (Å²) in [5, 5.41) is 4.18. The van der Waals surface area contributed by atoms with Crippen LogP contribution in [0.4, 0.5) is 0 Å². The molecule has 1 aliphatic rings. The van der Waals surface area contributed by atoms with Gasteiger partial charge < -0.3 is 29.2 Å². The first kappa shape index (κ1) is 24.7.